The Morgan fingerprint density at radius 3 is 2.42 bits per heavy atom. The van der Waals surface area contributed by atoms with Crippen LogP contribution in [0.4, 0.5) is 0 Å². The molecule has 0 N–H and O–H groups in total. The van der Waals surface area contributed by atoms with E-state index >= 15 is 0 Å². The lowest BCUT2D eigenvalue weighted by Gasteiger charge is -2.14. The van der Waals surface area contributed by atoms with Crippen molar-refractivity contribution in [2.24, 2.45) is 5.92 Å². The van der Waals surface area contributed by atoms with E-state index in [0.29, 0.717) is 10.8 Å². The molecule has 0 aliphatic rings. The molecule has 1 heterocycles. The molecule has 0 fully saturated rings. The highest BCUT2D eigenvalue weighted by Crippen LogP contribution is 2.29. The molecule has 0 aliphatic heterocycles. The molecular formula is C12H17ClO4S2. The Bertz CT molecular complexity index is 560. The Morgan fingerprint density at radius 2 is 2.00 bits per heavy atom. The molecule has 0 saturated carbocycles. The molecular weight excluding hydrogens is 308 g/mol. The third-order valence-corrected chi connectivity index (χ3v) is 5.06. The van der Waals surface area contributed by atoms with Crippen molar-refractivity contribution < 1.29 is 17.9 Å². The molecule has 1 aromatic heterocycles. The molecule has 0 spiro atoms. The number of halogens is 1. The maximum absolute atomic E-state index is 11.9. The molecule has 0 bridgehead atoms. The summed E-state index contributed by atoms with van der Waals surface area (Å²) in [6.07, 6.45) is 0.558. The lowest BCUT2D eigenvalue weighted by molar-refractivity contribution is 0.0305. The number of carbonyl (C=O) groups is 1. The Labute approximate surface area is 122 Å². The number of esters is 1. The zero-order valence-electron chi connectivity index (χ0n) is 11.3. The number of hydrogen-bond donors (Lipinski definition) is 0. The lowest BCUT2D eigenvalue weighted by Crippen LogP contribution is -2.16. The molecule has 1 rings (SSSR count). The quantitative estimate of drug-likeness (QED) is 0.613. The molecule has 4 nitrogen and oxygen atoms in total. The van der Waals surface area contributed by atoms with Crippen LogP contribution < -0.4 is 0 Å². The van der Waals surface area contributed by atoms with Crippen LogP contribution in [0.1, 0.15) is 41.7 Å². The van der Waals surface area contributed by atoms with Crippen LogP contribution in [-0.2, 0) is 13.8 Å². The van der Waals surface area contributed by atoms with Gasteiger partial charge in [0, 0.05) is 15.6 Å². The van der Waals surface area contributed by atoms with Crippen molar-refractivity contribution in [2.75, 3.05) is 0 Å². The van der Waals surface area contributed by atoms with Crippen LogP contribution in [0.3, 0.4) is 0 Å². The molecule has 0 radical (unpaired) electrons. The maximum Gasteiger partial charge on any atom is 0.348 e. The zero-order valence-corrected chi connectivity index (χ0v) is 13.7. The van der Waals surface area contributed by atoms with Gasteiger partial charge in [0.1, 0.15) is 4.88 Å². The first kappa shape index (κ1) is 16.5. The summed E-state index contributed by atoms with van der Waals surface area (Å²) in [7, 11) is 1.46. The van der Waals surface area contributed by atoms with Crippen molar-refractivity contribution in [3.8, 4) is 0 Å². The van der Waals surface area contributed by atoms with Crippen LogP contribution in [0.2, 0.25) is 0 Å². The van der Waals surface area contributed by atoms with Crippen molar-refractivity contribution in [3.05, 3.63) is 15.8 Å². The van der Waals surface area contributed by atoms with Crippen molar-refractivity contribution in [3.63, 3.8) is 0 Å². The SMILES string of the molecule is Cc1sc(C(=O)OC(C)CC(C)C)cc1S(=O)(=O)Cl. The molecule has 0 aliphatic carbocycles. The third-order valence-electron chi connectivity index (χ3n) is 2.45. The fourth-order valence-corrected chi connectivity index (χ4v) is 4.31. The summed E-state index contributed by atoms with van der Waals surface area (Å²) in [6, 6.07) is 1.27. The summed E-state index contributed by atoms with van der Waals surface area (Å²) < 4.78 is 27.8. The zero-order chi connectivity index (χ0) is 14.8. The second-order valence-corrected chi connectivity index (χ2v) is 8.61. The second-order valence-electron chi connectivity index (χ2n) is 4.81. The van der Waals surface area contributed by atoms with Crippen LogP contribution in [0.15, 0.2) is 11.0 Å². The van der Waals surface area contributed by atoms with Gasteiger partial charge in [-0.1, -0.05) is 13.8 Å². The number of thiophene rings is 1. The minimum absolute atomic E-state index is 0.0253. The minimum atomic E-state index is -3.82. The predicted molar refractivity (Wildman–Crippen MR) is 76.4 cm³/mol. The first-order valence-corrected chi connectivity index (χ1v) is 9.00. The number of rotatable bonds is 5. The van der Waals surface area contributed by atoms with Gasteiger partial charge in [0.2, 0.25) is 0 Å². The Hall–Kier alpha value is -0.590. The number of ether oxygens (including phenoxy) is 1. The summed E-state index contributed by atoms with van der Waals surface area (Å²) in [4.78, 5) is 12.6. The molecule has 1 aromatic rings. The Morgan fingerprint density at radius 1 is 1.42 bits per heavy atom. The summed E-state index contributed by atoms with van der Waals surface area (Å²) in [5.41, 5.74) is 0. The molecule has 108 valence electrons. The van der Waals surface area contributed by atoms with Gasteiger partial charge in [-0.15, -0.1) is 11.3 Å². The third kappa shape index (κ3) is 4.78. The van der Waals surface area contributed by atoms with Crippen LogP contribution in [0.5, 0.6) is 0 Å². The van der Waals surface area contributed by atoms with E-state index in [1.54, 1.807) is 6.92 Å². The fourth-order valence-electron chi connectivity index (χ4n) is 1.76. The highest BCUT2D eigenvalue weighted by atomic mass is 35.7. The van der Waals surface area contributed by atoms with Crippen LogP contribution in [0.25, 0.3) is 0 Å². The Balaban J connectivity index is 2.85. The Kier molecular flexibility index (Phi) is 5.41. The summed E-state index contributed by atoms with van der Waals surface area (Å²) in [5.74, 6) is -0.0838. The van der Waals surface area contributed by atoms with Gasteiger partial charge < -0.3 is 4.74 Å². The van der Waals surface area contributed by atoms with E-state index in [-0.39, 0.29) is 15.9 Å². The first-order chi connectivity index (χ1) is 8.61. The first-order valence-electron chi connectivity index (χ1n) is 5.87. The highest BCUT2D eigenvalue weighted by Gasteiger charge is 2.22. The highest BCUT2D eigenvalue weighted by molar-refractivity contribution is 8.13. The van der Waals surface area contributed by atoms with Crippen molar-refractivity contribution in [1.82, 2.24) is 0 Å². The van der Waals surface area contributed by atoms with Gasteiger partial charge in [0.05, 0.1) is 11.0 Å². The average Bonchev–Trinajstić information content (AvgIpc) is 2.58. The van der Waals surface area contributed by atoms with Gasteiger partial charge in [0.25, 0.3) is 9.05 Å². The van der Waals surface area contributed by atoms with Crippen molar-refractivity contribution in [1.29, 1.82) is 0 Å². The topological polar surface area (TPSA) is 60.4 Å². The van der Waals surface area contributed by atoms with Gasteiger partial charge in [-0.25, -0.2) is 13.2 Å². The average molecular weight is 325 g/mol. The van der Waals surface area contributed by atoms with Crippen LogP contribution in [0, 0.1) is 12.8 Å². The standard InChI is InChI=1S/C12H17ClO4S2/c1-7(2)5-8(3)17-12(14)10-6-11(9(4)18-10)19(13,15)16/h6-8H,5H2,1-4H3. The molecule has 1 unspecified atom stereocenters. The summed E-state index contributed by atoms with van der Waals surface area (Å²) in [5, 5.41) is 0. The molecule has 0 amide bonds. The van der Waals surface area contributed by atoms with Gasteiger partial charge in [-0.2, -0.15) is 0 Å². The molecule has 1 atom stereocenters. The van der Waals surface area contributed by atoms with E-state index in [1.807, 2.05) is 20.8 Å². The lowest BCUT2D eigenvalue weighted by atomic mass is 10.1. The van der Waals surface area contributed by atoms with Gasteiger partial charge in [0.15, 0.2) is 0 Å². The van der Waals surface area contributed by atoms with E-state index < -0.39 is 15.0 Å². The van der Waals surface area contributed by atoms with Crippen molar-refractivity contribution >= 4 is 37.0 Å². The number of carbonyl (C=O) groups excluding carboxylic acids is 1. The van der Waals surface area contributed by atoms with Crippen LogP contribution >= 0.6 is 22.0 Å². The number of hydrogen-bond acceptors (Lipinski definition) is 5. The molecule has 19 heavy (non-hydrogen) atoms. The van der Waals surface area contributed by atoms with E-state index in [0.717, 1.165) is 17.8 Å². The smallest absolute Gasteiger partial charge is 0.348 e. The van der Waals surface area contributed by atoms with Gasteiger partial charge in [-0.05, 0) is 32.3 Å². The minimum Gasteiger partial charge on any atom is -0.458 e. The van der Waals surface area contributed by atoms with Gasteiger partial charge in [-0.3, -0.25) is 0 Å². The summed E-state index contributed by atoms with van der Waals surface area (Å²) in [6.45, 7) is 7.50. The van der Waals surface area contributed by atoms with E-state index in [2.05, 4.69) is 0 Å². The fraction of sp³-hybridized carbons (Fsp3) is 0.583. The van der Waals surface area contributed by atoms with E-state index in [1.165, 1.54) is 6.07 Å². The largest absolute Gasteiger partial charge is 0.458 e. The predicted octanol–water partition coefficient (Wildman–Crippen LogP) is 3.58. The maximum atomic E-state index is 11.9. The van der Waals surface area contributed by atoms with Crippen LogP contribution in [-0.4, -0.2) is 20.5 Å². The molecule has 0 aromatic carbocycles. The summed E-state index contributed by atoms with van der Waals surface area (Å²) >= 11 is 1.07. The molecule has 0 saturated heterocycles. The van der Waals surface area contributed by atoms with Gasteiger partial charge >= 0.3 is 5.97 Å². The monoisotopic (exact) mass is 324 g/mol. The molecule has 7 heteroatoms. The number of aryl methyl sites for hydroxylation is 1. The van der Waals surface area contributed by atoms with Crippen molar-refractivity contribution in [2.45, 2.75) is 45.1 Å². The van der Waals surface area contributed by atoms with E-state index in [4.69, 9.17) is 15.4 Å². The van der Waals surface area contributed by atoms with E-state index in [9.17, 15) is 13.2 Å². The normalized spacial score (nSPS) is 13.6. The second kappa shape index (κ2) is 6.24.